The number of piperidine rings is 1. The number of carboxylic acids is 1. The molecule has 1 N–H and O–H groups in total. The van der Waals surface area contributed by atoms with Crippen molar-refractivity contribution in [2.45, 2.75) is 45.3 Å². The Morgan fingerprint density at radius 2 is 1.94 bits per heavy atom. The third-order valence-corrected chi connectivity index (χ3v) is 3.97. The molecule has 18 heavy (non-hydrogen) atoms. The first kappa shape index (κ1) is 13.1. The number of ether oxygens (including phenoxy) is 1. The van der Waals surface area contributed by atoms with Crippen LogP contribution in [0.2, 0.25) is 0 Å². The molecule has 0 aromatic carbocycles. The van der Waals surface area contributed by atoms with Gasteiger partial charge in [-0.05, 0) is 20.8 Å². The second kappa shape index (κ2) is 4.39. The SMILES string of the molecule is CC1=C(C(=O)O)C2(CCN(C(C)C)CC2)OC1=O. The summed E-state index contributed by atoms with van der Waals surface area (Å²) in [6, 6.07) is 0.429. The number of hydrogen-bond donors (Lipinski definition) is 1. The lowest BCUT2D eigenvalue weighted by atomic mass is 9.83. The van der Waals surface area contributed by atoms with E-state index in [1.165, 1.54) is 6.92 Å². The van der Waals surface area contributed by atoms with E-state index in [4.69, 9.17) is 4.74 Å². The molecule has 0 amide bonds. The second-order valence-electron chi connectivity index (χ2n) is 5.32. The summed E-state index contributed by atoms with van der Waals surface area (Å²) in [4.78, 5) is 25.2. The molecule has 0 unspecified atom stereocenters. The molecular formula is C13H19NO4. The van der Waals surface area contributed by atoms with Gasteiger partial charge in [0.2, 0.25) is 0 Å². The van der Waals surface area contributed by atoms with Crippen molar-refractivity contribution >= 4 is 11.9 Å². The predicted octanol–water partition coefficient (Wildman–Crippen LogP) is 1.19. The lowest BCUT2D eigenvalue weighted by molar-refractivity contribution is -0.152. The molecule has 0 aromatic rings. The number of nitrogens with zero attached hydrogens (tertiary/aromatic N) is 1. The minimum Gasteiger partial charge on any atom is -0.478 e. The number of esters is 1. The molecule has 2 rings (SSSR count). The van der Waals surface area contributed by atoms with Crippen LogP contribution in [0.3, 0.4) is 0 Å². The third-order valence-electron chi connectivity index (χ3n) is 3.97. The van der Waals surface area contributed by atoms with Crippen LogP contribution in [-0.2, 0) is 14.3 Å². The molecule has 0 radical (unpaired) electrons. The number of likely N-dealkylation sites (tertiary alicyclic amines) is 1. The molecule has 1 spiro atoms. The zero-order valence-electron chi connectivity index (χ0n) is 11.0. The van der Waals surface area contributed by atoms with Crippen molar-refractivity contribution in [1.29, 1.82) is 0 Å². The molecule has 0 aliphatic carbocycles. The van der Waals surface area contributed by atoms with E-state index in [0.29, 0.717) is 18.9 Å². The summed E-state index contributed by atoms with van der Waals surface area (Å²) < 4.78 is 5.38. The van der Waals surface area contributed by atoms with Gasteiger partial charge in [-0.1, -0.05) is 0 Å². The van der Waals surface area contributed by atoms with E-state index in [1.54, 1.807) is 0 Å². The summed E-state index contributed by atoms with van der Waals surface area (Å²) in [7, 11) is 0. The average molecular weight is 253 g/mol. The van der Waals surface area contributed by atoms with Gasteiger partial charge in [0.25, 0.3) is 0 Å². The average Bonchev–Trinajstić information content (AvgIpc) is 2.51. The smallest absolute Gasteiger partial charge is 0.336 e. The van der Waals surface area contributed by atoms with Gasteiger partial charge >= 0.3 is 11.9 Å². The quantitative estimate of drug-likeness (QED) is 0.749. The van der Waals surface area contributed by atoms with E-state index in [1.807, 2.05) is 0 Å². The van der Waals surface area contributed by atoms with E-state index in [9.17, 15) is 14.7 Å². The molecule has 5 nitrogen and oxygen atoms in total. The van der Waals surface area contributed by atoms with E-state index in [0.717, 1.165) is 13.1 Å². The van der Waals surface area contributed by atoms with Crippen LogP contribution in [0.4, 0.5) is 0 Å². The second-order valence-corrected chi connectivity index (χ2v) is 5.32. The van der Waals surface area contributed by atoms with E-state index in [2.05, 4.69) is 18.7 Å². The maximum atomic E-state index is 11.6. The monoisotopic (exact) mass is 253 g/mol. The molecule has 2 aliphatic heterocycles. The largest absolute Gasteiger partial charge is 0.478 e. The normalized spacial score (nSPS) is 23.9. The van der Waals surface area contributed by atoms with Gasteiger partial charge in [-0.2, -0.15) is 0 Å². The first-order valence-electron chi connectivity index (χ1n) is 6.29. The minimum atomic E-state index is -1.03. The van der Waals surface area contributed by atoms with Gasteiger partial charge in [0, 0.05) is 37.5 Å². The molecule has 100 valence electrons. The van der Waals surface area contributed by atoms with Crippen molar-refractivity contribution in [2.75, 3.05) is 13.1 Å². The summed E-state index contributed by atoms with van der Waals surface area (Å²) in [5.41, 5.74) is -0.477. The molecule has 5 heteroatoms. The highest BCUT2D eigenvalue weighted by molar-refractivity contribution is 6.04. The zero-order valence-corrected chi connectivity index (χ0v) is 11.0. The fraction of sp³-hybridized carbons (Fsp3) is 0.692. The highest BCUT2D eigenvalue weighted by Gasteiger charge is 2.51. The molecule has 1 saturated heterocycles. The predicted molar refractivity (Wildman–Crippen MR) is 65.1 cm³/mol. The van der Waals surface area contributed by atoms with Crippen molar-refractivity contribution in [2.24, 2.45) is 0 Å². The van der Waals surface area contributed by atoms with Crippen LogP contribution in [0.15, 0.2) is 11.1 Å². The van der Waals surface area contributed by atoms with E-state index >= 15 is 0 Å². The third kappa shape index (κ3) is 1.92. The summed E-state index contributed by atoms with van der Waals surface area (Å²) in [5, 5.41) is 9.29. The summed E-state index contributed by atoms with van der Waals surface area (Å²) >= 11 is 0. The number of carbonyl (C=O) groups excluding carboxylic acids is 1. The standard InChI is InChI=1S/C13H19NO4/c1-8(2)14-6-4-13(5-7-14)10(11(15)16)9(3)12(17)18-13/h8H,4-7H2,1-3H3,(H,15,16). The Hall–Kier alpha value is -1.36. The summed E-state index contributed by atoms with van der Waals surface area (Å²) in [6.07, 6.45) is 1.13. The van der Waals surface area contributed by atoms with Gasteiger partial charge in [0.15, 0.2) is 0 Å². The molecule has 0 bridgehead atoms. The van der Waals surface area contributed by atoms with Crippen molar-refractivity contribution in [3.63, 3.8) is 0 Å². The molecule has 0 saturated carbocycles. The Kier molecular flexibility index (Phi) is 3.19. The van der Waals surface area contributed by atoms with Gasteiger partial charge < -0.3 is 14.7 Å². The number of carbonyl (C=O) groups is 2. The highest BCUT2D eigenvalue weighted by atomic mass is 16.6. The van der Waals surface area contributed by atoms with Gasteiger partial charge in [-0.15, -0.1) is 0 Å². The maximum absolute atomic E-state index is 11.6. The maximum Gasteiger partial charge on any atom is 0.336 e. The first-order chi connectivity index (χ1) is 8.37. The Morgan fingerprint density at radius 1 is 1.39 bits per heavy atom. The number of rotatable bonds is 2. The fourth-order valence-electron chi connectivity index (χ4n) is 2.86. The van der Waals surface area contributed by atoms with Gasteiger partial charge in [0.1, 0.15) is 5.60 Å². The Bertz CT molecular complexity index is 417. The lowest BCUT2D eigenvalue weighted by Gasteiger charge is -2.40. The Morgan fingerprint density at radius 3 is 2.39 bits per heavy atom. The lowest BCUT2D eigenvalue weighted by Crippen LogP contribution is -2.49. The number of aliphatic carboxylic acids is 1. The number of hydrogen-bond acceptors (Lipinski definition) is 4. The Balaban J connectivity index is 2.24. The van der Waals surface area contributed by atoms with Crippen molar-refractivity contribution in [3.8, 4) is 0 Å². The number of carboxylic acid groups (broad SMARTS) is 1. The fourth-order valence-corrected chi connectivity index (χ4v) is 2.86. The van der Waals surface area contributed by atoms with Crippen LogP contribution >= 0.6 is 0 Å². The topological polar surface area (TPSA) is 66.8 Å². The molecule has 0 atom stereocenters. The summed E-state index contributed by atoms with van der Waals surface area (Å²) in [6.45, 7) is 7.27. The van der Waals surface area contributed by atoms with Gasteiger partial charge in [-0.3, -0.25) is 0 Å². The minimum absolute atomic E-state index is 0.163. The van der Waals surface area contributed by atoms with Crippen LogP contribution in [0, 0.1) is 0 Å². The van der Waals surface area contributed by atoms with Gasteiger partial charge in [0.05, 0.1) is 5.57 Å². The molecule has 2 heterocycles. The van der Waals surface area contributed by atoms with Crippen molar-refractivity contribution in [1.82, 2.24) is 4.90 Å². The van der Waals surface area contributed by atoms with Crippen molar-refractivity contribution in [3.05, 3.63) is 11.1 Å². The highest BCUT2D eigenvalue weighted by Crippen LogP contribution is 2.41. The van der Waals surface area contributed by atoms with Crippen LogP contribution < -0.4 is 0 Å². The van der Waals surface area contributed by atoms with Crippen LogP contribution in [-0.4, -0.2) is 46.7 Å². The molecular weight excluding hydrogens is 234 g/mol. The van der Waals surface area contributed by atoms with Gasteiger partial charge in [-0.25, -0.2) is 9.59 Å². The van der Waals surface area contributed by atoms with Crippen molar-refractivity contribution < 1.29 is 19.4 Å². The molecule has 2 aliphatic rings. The van der Waals surface area contributed by atoms with Crippen LogP contribution in [0.25, 0.3) is 0 Å². The molecule has 0 aromatic heterocycles. The van der Waals surface area contributed by atoms with E-state index < -0.39 is 17.5 Å². The zero-order chi connectivity index (χ0) is 13.5. The Labute approximate surface area is 106 Å². The van der Waals surface area contributed by atoms with Crippen LogP contribution in [0.5, 0.6) is 0 Å². The summed E-state index contributed by atoms with van der Waals surface area (Å²) in [5.74, 6) is -1.51. The van der Waals surface area contributed by atoms with Crippen LogP contribution in [0.1, 0.15) is 33.6 Å². The first-order valence-corrected chi connectivity index (χ1v) is 6.29. The van der Waals surface area contributed by atoms with E-state index in [-0.39, 0.29) is 11.1 Å². The molecule has 1 fully saturated rings.